The van der Waals surface area contributed by atoms with Crippen LogP contribution in [0.3, 0.4) is 0 Å². The fourth-order valence-electron chi connectivity index (χ4n) is 2.25. The van der Waals surface area contributed by atoms with Crippen LogP contribution in [0.15, 0.2) is 24.3 Å². The lowest BCUT2D eigenvalue weighted by Gasteiger charge is -2.13. The van der Waals surface area contributed by atoms with E-state index in [9.17, 15) is 34.5 Å². The van der Waals surface area contributed by atoms with Crippen molar-refractivity contribution in [3.8, 4) is 0 Å². The summed E-state index contributed by atoms with van der Waals surface area (Å²) in [5, 5.41) is 37.6. The van der Waals surface area contributed by atoms with Gasteiger partial charge in [0.15, 0.2) is 0 Å². The third-order valence-corrected chi connectivity index (χ3v) is 6.23. The first-order chi connectivity index (χ1) is 17.2. The Bertz CT molecular complexity index is 833. The summed E-state index contributed by atoms with van der Waals surface area (Å²) in [5.74, 6) is -2.30. The number of esters is 4. The van der Waals surface area contributed by atoms with Gasteiger partial charge in [-0.2, -0.15) is 11.8 Å². The molecule has 1 aromatic carbocycles. The number of rotatable bonds is 17. The van der Waals surface area contributed by atoms with E-state index in [1.165, 1.54) is 43.1 Å². The molecule has 0 saturated heterocycles. The van der Waals surface area contributed by atoms with Gasteiger partial charge in [-0.3, -0.25) is 9.59 Å². The summed E-state index contributed by atoms with van der Waals surface area (Å²) in [6.07, 6.45) is -3.09. The van der Waals surface area contributed by atoms with Crippen molar-refractivity contribution >= 4 is 47.4 Å². The van der Waals surface area contributed by atoms with Gasteiger partial charge in [-0.05, 0) is 24.3 Å². The lowest BCUT2D eigenvalue weighted by Crippen LogP contribution is -2.26. The molecule has 0 radical (unpaired) electrons. The second-order valence-electron chi connectivity index (χ2n) is 7.21. The van der Waals surface area contributed by atoms with Crippen molar-refractivity contribution in [1.29, 1.82) is 0 Å². The van der Waals surface area contributed by atoms with Gasteiger partial charge in [-0.1, -0.05) is 0 Å². The predicted octanol–water partition coefficient (Wildman–Crippen LogP) is -0.742. The largest absolute Gasteiger partial charge is 0.468 e. The molecule has 0 spiro atoms. The lowest BCUT2D eigenvalue weighted by molar-refractivity contribution is -0.144. The maximum absolute atomic E-state index is 12.1. The van der Waals surface area contributed by atoms with E-state index in [0.717, 1.165) is 11.8 Å². The van der Waals surface area contributed by atoms with Crippen molar-refractivity contribution in [3.63, 3.8) is 0 Å². The van der Waals surface area contributed by atoms with Gasteiger partial charge in [0.25, 0.3) is 0 Å². The number of carbonyl (C=O) groups excluding carboxylic acids is 4. The normalized spacial score (nSPS) is 13.2. The van der Waals surface area contributed by atoms with Gasteiger partial charge < -0.3 is 39.4 Å². The van der Waals surface area contributed by atoms with Gasteiger partial charge in [-0.25, -0.2) is 9.59 Å². The highest BCUT2D eigenvalue weighted by Gasteiger charge is 2.16. The number of ether oxygens (including phenoxy) is 4. The highest BCUT2D eigenvalue weighted by Crippen LogP contribution is 2.10. The monoisotopic (exact) mass is 550 g/mol. The molecule has 3 atom stereocenters. The number of benzene rings is 1. The molecule has 0 aromatic heterocycles. The van der Waals surface area contributed by atoms with Crippen LogP contribution in [0.1, 0.15) is 20.7 Å². The Morgan fingerprint density at radius 1 is 0.722 bits per heavy atom. The fourth-order valence-corrected chi connectivity index (χ4v) is 3.77. The van der Waals surface area contributed by atoms with E-state index in [-0.39, 0.29) is 47.4 Å². The molecule has 1 rings (SSSR count). The Balaban J connectivity index is 2.32. The van der Waals surface area contributed by atoms with E-state index >= 15 is 0 Å². The standard InChI is InChI=1S/C22H30O12S2/c1-31-19(27)12-36-13-20(28)32-7-17(25)8-33-21(29)14-2-4-15(5-3-14)22(30)34-9-18(26)11-35-10-16(24)6-23/h2-5,16-18,23-26H,6-13H2,1H3. The number of methoxy groups -OCH3 is 1. The number of hydrogen-bond donors (Lipinski definition) is 4. The summed E-state index contributed by atoms with van der Waals surface area (Å²) in [6.45, 7) is -1.48. The van der Waals surface area contributed by atoms with Crippen LogP contribution in [0.2, 0.25) is 0 Å². The smallest absolute Gasteiger partial charge is 0.338 e. The predicted molar refractivity (Wildman–Crippen MR) is 130 cm³/mol. The van der Waals surface area contributed by atoms with E-state index in [4.69, 9.17) is 19.3 Å². The summed E-state index contributed by atoms with van der Waals surface area (Å²) in [5.41, 5.74) is 0.243. The van der Waals surface area contributed by atoms with Gasteiger partial charge in [0.1, 0.15) is 25.9 Å². The molecule has 0 heterocycles. The zero-order valence-corrected chi connectivity index (χ0v) is 21.2. The zero-order chi connectivity index (χ0) is 26.9. The first-order valence-electron chi connectivity index (χ1n) is 10.6. The SMILES string of the molecule is COC(=O)CSCC(=O)OCC(O)COC(=O)c1ccc(C(=O)OCC(O)CSCC(O)CO)cc1. The van der Waals surface area contributed by atoms with E-state index in [2.05, 4.69) is 4.74 Å². The van der Waals surface area contributed by atoms with Crippen molar-refractivity contribution in [2.75, 3.05) is 56.5 Å². The number of thioether (sulfide) groups is 2. The molecule has 0 aliphatic rings. The van der Waals surface area contributed by atoms with Gasteiger partial charge in [-0.15, -0.1) is 11.8 Å². The Morgan fingerprint density at radius 3 is 1.72 bits per heavy atom. The number of aliphatic hydroxyl groups excluding tert-OH is 4. The summed E-state index contributed by atoms with van der Waals surface area (Å²) in [6, 6.07) is 5.32. The number of carbonyl (C=O) groups is 4. The molecule has 0 bridgehead atoms. The maximum atomic E-state index is 12.1. The van der Waals surface area contributed by atoms with Crippen LogP contribution in [0.25, 0.3) is 0 Å². The third-order valence-electron chi connectivity index (χ3n) is 4.11. The summed E-state index contributed by atoms with van der Waals surface area (Å²) >= 11 is 2.20. The topological polar surface area (TPSA) is 186 Å². The van der Waals surface area contributed by atoms with Gasteiger partial charge in [0, 0.05) is 11.5 Å². The van der Waals surface area contributed by atoms with E-state index < -0.39 is 55.4 Å². The molecule has 0 aliphatic heterocycles. The molecule has 3 unspecified atom stereocenters. The number of aliphatic hydroxyl groups is 4. The average Bonchev–Trinajstić information content (AvgIpc) is 2.88. The molecule has 0 amide bonds. The maximum Gasteiger partial charge on any atom is 0.338 e. The molecular formula is C22H30O12S2. The molecule has 0 saturated carbocycles. The first-order valence-corrected chi connectivity index (χ1v) is 12.9. The quantitative estimate of drug-likeness (QED) is 0.140. The van der Waals surface area contributed by atoms with Crippen molar-refractivity contribution in [3.05, 3.63) is 35.4 Å². The molecule has 0 fully saturated rings. The highest BCUT2D eigenvalue weighted by atomic mass is 32.2. The molecule has 4 N–H and O–H groups in total. The molecule has 202 valence electrons. The Labute approximate surface area is 216 Å². The van der Waals surface area contributed by atoms with Crippen LogP contribution in [-0.2, 0) is 28.5 Å². The minimum absolute atomic E-state index is 0.0126. The van der Waals surface area contributed by atoms with Crippen LogP contribution in [0, 0.1) is 0 Å². The minimum Gasteiger partial charge on any atom is -0.468 e. The van der Waals surface area contributed by atoms with Gasteiger partial charge in [0.2, 0.25) is 0 Å². The molecule has 14 heteroatoms. The Morgan fingerprint density at radius 2 is 1.19 bits per heavy atom. The zero-order valence-electron chi connectivity index (χ0n) is 19.6. The number of hydrogen-bond acceptors (Lipinski definition) is 14. The van der Waals surface area contributed by atoms with Crippen molar-refractivity contribution in [2.45, 2.75) is 18.3 Å². The van der Waals surface area contributed by atoms with Crippen molar-refractivity contribution in [1.82, 2.24) is 0 Å². The summed E-state index contributed by atoms with van der Waals surface area (Å²) < 4.78 is 19.2. The second kappa shape index (κ2) is 18.0. The van der Waals surface area contributed by atoms with Gasteiger partial charge >= 0.3 is 23.9 Å². The van der Waals surface area contributed by atoms with Crippen molar-refractivity contribution in [2.24, 2.45) is 0 Å². The molecule has 36 heavy (non-hydrogen) atoms. The van der Waals surface area contributed by atoms with E-state index in [1.807, 2.05) is 0 Å². The highest BCUT2D eigenvalue weighted by molar-refractivity contribution is 8.00. The Hall–Kier alpha value is -2.36. The van der Waals surface area contributed by atoms with Crippen LogP contribution in [0.5, 0.6) is 0 Å². The first kappa shape index (κ1) is 31.7. The van der Waals surface area contributed by atoms with E-state index in [1.54, 1.807) is 0 Å². The molecule has 1 aromatic rings. The molecule has 0 aliphatic carbocycles. The fraction of sp³-hybridized carbons (Fsp3) is 0.545. The van der Waals surface area contributed by atoms with Crippen molar-refractivity contribution < 1.29 is 58.6 Å². The summed E-state index contributed by atoms with van der Waals surface area (Å²) in [4.78, 5) is 46.7. The summed E-state index contributed by atoms with van der Waals surface area (Å²) in [7, 11) is 1.23. The molecular weight excluding hydrogens is 520 g/mol. The van der Waals surface area contributed by atoms with Gasteiger partial charge in [0.05, 0.1) is 48.6 Å². The molecule has 12 nitrogen and oxygen atoms in total. The van der Waals surface area contributed by atoms with E-state index in [0.29, 0.717) is 0 Å². The van der Waals surface area contributed by atoms with Crippen LogP contribution in [0.4, 0.5) is 0 Å². The third kappa shape index (κ3) is 13.7. The minimum atomic E-state index is -1.26. The van der Waals surface area contributed by atoms with Crippen LogP contribution < -0.4 is 0 Å². The van der Waals surface area contributed by atoms with Crippen LogP contribution >= 0.6 is 23.5 Å². The average molecular weight is 551 g/mol. The lowest BCUT2D eigenvalue weighted by atomic mass is 10.1. The van der Waals surface area contributed by atoms with Crippen LogP contribution in [-0.4, -0.2) is 119 Å². The Kier molecular flexibility index (Phi) is 15.8. The second-order valence-corrected chi connectivity index (χ2v) is 9.27.